The molecule has 1 aromatic carbocycles. The lowest BCUT2D eigenvalue weighted by atomic mass is 10.0. The number of benzene rings is 1. The van der Waals surface area contributed by atoms with Crippen molar-refractivity contribution in [1.82, 2.24) is 0 Å². The largest absolute Gasteiger partial charge is 0.486 e. The molecule has 1 aromatic rings. The van der Waals surface area contributed by atoms with Crippen LogP contribution in [0, 0.1) is 10.1 Å². The van der Waals surface area contributed by atoms with E-state index >= 15 is 0 Å². The van der Waals surface area contributed by atoms with Crippen LogP contribution >= 0.6 is 15.9 Å². The minimum Gasteiger partial charge on any atom is -0.486 e. The summed E-state index contributed by atoms with van der Waals surface area (Å²) in [6.45, 7) is 0.203. The molecule has 0 spiro atoms. The van der Waals surface area contributed by atoms with Crippen molar-refractivity contribution in [2.45, 2.75) is 6.42 Å². The Bertz CT molecular complexity index is 440. The van der Waals surface area contributed by atoms with Gasteiger partial charge in [-0.2, -0.15) is 0 Å². The van der Waals surface area contributed by atoms with Gasteiger partial charge < -0.3 is 4.74 Å². The lowest BCUT2D eigenvalue weighted by Crippen LogP contribution is -2.16. The molecule has 6 heteroatoms. The van der Waals surface area contributed by atoms with Crippen molar-refractivity contribution < 1.29 is 14.5 Å². The van der Waals surface area contributed by atoms with Gasteiger partial charge >= 0.3 is 5.69 Å². The van der Waals surface area contributed by atoms with E-state index in [2.05, 4.69) is 15.9 Å². The Labute approximate surface area is 93.3 Å². The van der Waals surface area contributed by atoms with Gasteiger partial charge in [-0.1, -0.05) is 15.9 Å². The number of ketones is 1. The van der Waals surface area contributed by atoms with Gasteiger partial charge in [-0.3, -0.25) is 14.9 Å². The number of hydrogen-bond acceptors (Lipinski definition) is 4. The predicted molar refractivity (Wildman–Crippen MR) is 55.2 cm³/mol. The molecular formula is C9H6BrNO4. The second-order valence-electron chi connectivity index (χ2n) is 3.08. The van der Waals surface area contributed by atoms with Gasteiger partial charge in [-0.05, 0) is 6.07 Å². The summed E-state index contributed by atoms with van der Waals surface area (Å²) in [4.78, 5) is 21.7. The van der Waals surface area contributed by atoms with Crippen molar-refractivity contribution in [1.29, 1.82) is 0 Å². The lowest BCUT2D eigenvalue weighted by Gasteiger charge is -2.15. The third-order valence-corrected chi connectivity index (χ3v) is 2.56. The number of halogens is 1. The fourth-order valence-electron chi connectivity index (χ4n) is 1.45. The number of nitro benzene ring substituents is 1. The van der Waals surface area contributed by atoms with Crippen molar-refractivity contribution in [3.8, 4) is 5.75 Å². The molecule has 0 saturated carbocycles. The molecule has 0 unspecified atom stereocenters. The molecule has 1 aliphatic heterocycles. The summed E-state index contributed by atoms with van der Waals surface area (Å²) in [5.41, 5.74) is 0.106. The number of ether oxygens (including phenoxy) is 1. The second-order valence-corrected chi connectivity index (χ2v) is 4.00. The zero-order valence-electron chi connectivity index (χ0n) is 7.53. The van der Waals surface area contributed by atoms with Crippen molar-refractivity contribution in [2.75, 3.05) is 6.61 Å². The molecule has 5 nitrogen and oxygen atoms in total. The van der Waals surface area contributed by atoms with Gasteiger partial charge in [0.15, 0.2) is 5.78 Å². The first-order valence-electron chi connectivity index (χ1n) is 4.23. The van der Waals surface area contributed by atoms with Crippen LogP contribution in [0.1, 0.15) is 16.8 Å². The monoisotopic (exact) mass is 271 g/mol. The highest BCUT2D eigenvalue weighted by atomic mass is 79.9. The van der Waals surface area contributed by atoms with Crippen LogP contribution in [0.25, 0.3) is 0 Å². The summed E-state index contributed by atoms with van der Waals surface area (Å²) in [5.74, 6) is -0.0416. The summed E-state index contributed by atoms with van der Waals surface area (Å²) in [7, 11) is 0. The molecule has 0 fully saturated rings. The molecule has 0 atom stereocenters. The van der Waals surface area contributed by atoms with E-state index in [-0.39, 0.29) is 35.8 Å². The Morgan fingerprint density at radius 3 is 2.87 bits per heavy atom. The first-order chi connectivity index (χ1) is 7.09. The number of carbonyl (C=O) groups excluding carboxylic acids is 1. The topological polar surface area (TPSA) is 69.4 Å². The third kappa shape index (κ3) is 1.72. The van der Waals surface area contributed by atoms with Gasteiger partial charge in [0.05, 0.1) is 17.1 Å². The standard InChI is InChI=1S/C9H6BrNO4/c10-5-3-6-8(12)1-2-15-9(6)7(4-5)11(13)14/h3-4H,1-2H2. The lowest BCUT2D eigenvalue weighted by molar-refractivity contribution is -0.386. The summed E-state index contributed by atoms with van der Waals surface area (Å²) in [6, 6.07) is 2.88. The van der Waals surface area contributed by atoms with Crippen LogP contribution in [0.3, 0.4) is 0 Å². The van der Waals surface area contributed by atoms with E-state index in [1.807, 2.05) is 0 Å². The van der Waals surface area contributed by atoms with E-state index in [9.17, 15) is 14.9 Å². The Kier molecular flexibility index (Phi) is 2.44. The third-order valence-electron chi connectivity index (χ3n) is 2.11. The Morgan fingerprint density at radius 2 is 2.20 bits per heavy atom. The van der Waals surface area contributed by atoms with Crippen molar-refractivity contribution in [2.24, 2.45) is 0 Å². The SMILES string of the molecule is O=C1CCOc2c1cc(Br)cc2[N+](=O)[O-]. The van der Waals surface area contributed by atoms with Gasteiger partial charge in [-0.15, -0.1) is 0 Å². The molecule has 0 radical (unpaired) electrons. The molecule has 0 amide bonds. The number of carbonyl (C=O) groups is 1. The minimum atomic E-state index is -0.553. The van der Waals surface area contributed by atoms with Crippen molar-refractivity contribution >= 4 is 27.4 Å². The van der Waals surface area contributed by atoms with E-state index in [1.54, 1.807) is 6.07 Å². The summed E-state index contributed by atoms with van der Waals surface area (Å²) in [6.07, 6.45) is 0.264. The number of rotatable bonds is 1. The maximum Gasteiger partial charge on any atom is 0.312 e. The summed E-state index contributed by atoms with van der Waals surface area (Å²) < 4.78 is 5.66. The quantitative estimate of drug-likeness (QED) is 0.581. The second kappa shape index (κ2) is 3.62. The van der Waals surface area contributed by atoms with Crippen LogP contribution in [0.5, 0.6) is 5.75 Å². The molecule has 0 aliphatic carbocycles. The van der Waals surface area contributed by atoms with Gasteiger partial charge in [0.1, 0.15) is 0 Å². The van der Waals surface area contributed by atoms with E-state index in [0.717, 1.165) is 0 Å². The van der Waals surface area contributed by atoms with Crippen LogP contribution in [-0.2, 0) is 0 Å². The average Bonchev–Trinajstić information content (AvgIpc) is 2.18. The van der Waals surface area contributed by atoms with E-state index in [0.29, 0.717) is 4.47 Å². The summed E-state index contributed by atoms with van der Waals surface area (Å²) >= 11 is 3.12. The summed E-state index contributed by atoms with van der Waals surface area (Å²) in [5, 5.41) is 10.7. The first kappa shape index (κ1) is 10.1. The van der Waals surface area contributed by atoms with Crippen LogP contribution < -0.4 is 4.74 Å². The molecular weight excluding hydrogens is 266 g/mol. The molecule has 0 aromatic heterocycles. The minimum absolute atomic E-state index is 0.0828. The first-order valence-corrected chi connectivity index (χ1v) is 5.03. The molecule has 1 aliphatic rings. The molecule has 1 heterocycles. The highest BCUT2D eigenvalue weighted by Crippen LogP contribution is 2.37. The molecule has 0 saturated heterocycles. The normalized spacial score (nSPS) is 14.3. The van der Waals surface area contributed by atoms with Crippen molar-refractivity contribution in [3.63, 3.8) is 0 Å². The molecule has 2 rings (SSSR count). The number of nitrogens with zero attached hydrogens (tertiary/aromatic N) is 1. The zero-order valence-corrected chi connectivity index (χ0v) is 9.11. The number of hydrogen-bond donors (Lipinski definition) is 0. The van der Waals surface area contributed by atoms with Gasteiger partial charge in [-0.25, -0.2) is 0 Å². The number of fused-ring (bicyclic) bond motifs is 1. The van der Waals surface area contributed by atoms with Gasteiger partial charge in [0, 0.05) is 17.0 Å². The molecule has 78 valence electrons. The number of Topliss-reactive ketones (excluding diaryl/α,β-unsaturated/α-hetero) is 1. The van der Waals surface area contributed by atoms with E-state index in [4.69, 9.17) is 4.74 Å². The van der Waals surface area contributed by atoms with Crippen LogP contribution in [0.15, 0.2) is 16.6 Å². The highest BCUT2D eigenvalue weighted by Gasteiger charge is 2.27. The van der Waals surface area contributed by atoms with Gasteiger partial charge in [0.25, 0.3) is 0 Å². The molecule has 0 N–H and O–H groups in total. The maximum atomic E-state index is 11.5. The smallest absolute Gasteiger partial charge is 0.312 e. The Hall–Kier alpha value is -1.43. The van der Waals surface area contributed by atoms with Crippen LogP contribution in [0.2, 0.25) is 0 Å². The maximum absolute atomic E-state index is 11.5. The van der Waals surface area contributed by atoms with Crippen LogP contribution in [0.4, 0.5) is 5.69 Å². The number of nitro groups is 1. The van der Waals surface area contributed by atoms with Gasteiger partial charge in [0.2, 0.25) is 5.75 Å². The van der Waals surface area contributed by atoms with Crippen molar-refractivity contribution in [3.05, 3.63) is 32.3 Å². The fraction of sp³-hybridized carbons (Fsp3) is 0.222. The fourth-order valence-corrected chi connectivity index (χ4v) is 1.90. The van der Waals surface area contributed by atoms with E-state index in [1.165, 1.54) is 6.07 Å². The average molecular weight is 272 g/mol. The Morgan fingerprint density at radius 1 is 1.47 bits per heavy atom. The Balaban J connectivity index is 2.67. The van der Waals surface area contributed by atoms with E-state index < -0.39 is 4.92 Å². The highest BCUT2D eigenvalue weighted by molar-refractivity contribution is 9.10. The molecule has 15 heavy (non-hydrogen) atoms. The zero-order chi connectivity index (χ0) is 11.0. The van der Waals surface area contributed by atoms with Crippen LogP contribution in [-0.4, -0.2) is 17.3 Å². The predicted octanol–water partition coefficient (Wildman–Crippen LogP) is 2.32. The molecule has 0 bridgehead atoms.